The molecule has 0 radical (unpaired) electrons. The molecular weight excluding hydrogens is 228 g/mol. The largest absolute Gasteiger partial charge is 0.234 e. The van der Waals surface area contributed by atoms with Crippen molar-refractivity contribution in [2.75, 3.05) is 0 Å². The standard InChI is InChI=1S/C9H4Cl3N/c10-6-3-1-5-2-4-7(11)13-9(5)8(6)12/h1-4H. The number of pyridine rings is 1. The van der Waals surface area contributed by atoms with Gasteiger partial charge >= 0.3 is 0 Å². The minimum atomic E-state index is 0.414. The first-order valence-corrected chi connectivity index (χ1v) is 4.72. The first kappa shape index (κ1) is 9.07. The predicted molar refractivity (Wildman–Crippen MR) is 56.8 cm³/mol. The zero-order valence-corrected chi connectivity index (χ0v) is 8.66. The molecule has 66 valence electrons. The maximum Gasteiger partial charge on any atom is 0.129 e. The van der Waals surface area contributed by atoms with Crippen LogP contribution in [-0.2, 0) is 0 Å². The number of rotatable bonds is 0. The summed E-state index contributed by atoms with van der Waals surface area (Å²) in [7, 11) is 0. The van der Waals surface area contributed by atoms with E-state index < -0.39 is 0 Å². The Bertz CT molecular complexity index is 462. The highest BCUT2D eigenvalue weighted by molar-refractivity contribution is 6.45. The molecule has 0 aliphatic rings. The number of nitrogens with zero attached hydrogens (tertiary/aromatic N) is 1. The van der Waals surface area contributed by atoms with Gasteiger partial charge in [0, 0.05) is 5.39 Å². The molecule has 13 heavy (non-hydrogen) atoms. The van der Waals surface area contributed by atoms with Gasteiger partial charge < -0.3 is 0 Å². The van der Waals surface area contributed by atoms with Crippen LogP contribution in [0.1, 0.15) is 0 Å². The van der Waals surface area contributed by atoms with Crippen molar-refractivity contribution in [3.63, 3.8) is 0 Å². The number of fused-ring (bicyclic) bond motifs is 1. The summed E-state index contributed by atoms with van der Waals surface area (Å²) in [5.74, 6) is 0. The molecule has 0 spiro atoms. The van der Waals surface area contributed by atoms with E-state index in [1.807, 2.05) is 12.1 Å². The Morgan fingerprint density at radius 1 is 0.923 bits per heavy atom. The van der Waals surface area contributed by atoms with Crippen molar-refractivity contribution >= 4 is 45.7 Å². The summed E-state index contributed by atoms with van der Waals surface area (Å²) in [6.07, 6.45) is 0. The van der Waals surface area contributed by atoms with Gasteiger partial charge in [-0.3, -0.25) is 0 Å². The van der Waals surface area contributed by atoms with Gasteiger partial charge in [-0.05, 0) is 18.2 Å². The second kappa shape index (κ2) is 3.33. The highest BCUT2D eigenvalue weighted by atomic mass is 35.5. The van der Waals surface area contributed by atoms with E-state index in [0.29, 0.717) is 20.7 Å². The lowest BCUT2D eigenvalue weighted by molar-refractivity contribution is 1.41. The normalized spacial score (nSPS) is 10.7. The van der Waals surface area contributed by atoms with Crippen molar-refractivity contribution in [1.29, 1.82) is 0 Å². The molecule has 1 nitrogen and oxygen atoms in total. The fourth-order valence-electron chi connectivity index (χ4n) is 1.11. The molecule has 2 rings (SSSR count). The summed E-state index contributed by atoms with van der Waals surface area (Å²) < 4.78 is 0. The molecule has 0 amide bonds. The molecule has 0 aliphatic carbocycles. The molecule has 0 bridgehead atoms. The van der Waals surface area contributed by atoms with Crippen LogP contribution in [0.3, 0.4) is 0 Å². The van der Waals surface area contributed by atoms with E-state index in [4.69, 9.17) is 34.8 Å². The number of benzene rings is 1. The topological polar surface area (TPSA) is 12.9 Å². The highest BCUT2D eigenvalue weighted by Crippen LogP contribution is 2.29. The van der Waals surface area contributed by atoms with Gasteiger partial charge in [-0.2, -0.15) is 0 Å². The van der Waals surface area contributed by atoms with Crippen LogP contribution in [0.4, 0.5) is 0 Å². The fourth-order valence-corrected chi connectivity index (χ4v) is 1.62. The van der Waals surface area contributed by atoms with Crippen LogP contribution in [0.5, 0.6) is 0 Å². The molecule has 1 heterocycles. The highest BCUT2D eigenvalue weighted by Gasteiger charge is 2.04. The Morgan fingerprint density at radius 3 is 2.38 bits per heavy atom. The van der Waals surface area contributed by atoms with Crippen LogP contribution in [-0.4, -0.2) is 4.98 Å². The van der Waals surface area contributed by atoms with Gasteiger partial charge in [0.25, 0.3) is 0 Å². The molecule has 1 aromatic carbocycles. The summed E-state index contributed by atoms with van der Waals surface area (Å²) >= 11 is 17.5. The molecule has 0 fully saturated rings. The first-order chi connectivity index (χ1) is 6.18. The maximum atomic E-state index is 5.94. The van der Waals surface area contributed by atoms with Gasteiger partial charge in [-0.15, -0.1) is 0 Å². The third kappa shape index (κ3) is 1.60. The van der Waals surface area contributed by atoms with E-state index in [1.165, 1.54) is 0 Å². The Hall–Kier alpha value is -0.500. The smallest absolute Gasteiger partial charge is 0.129 e. The number of hydrogen-bond acceptors (Lipinski definition) is 1. The first-order valence-electron chi connectivity index (χ1n) is 3.59. The van der Waals surface area contributed by atoms with Gasteiger partial charge in [0.2, 0.25) is 0 Å². The zero-order valence-electron chi connectivity index (χ0n) is 6.39. The van der Waals surface area contributed by atoms with E-state index in [-0.39, 0.29) is 0 Å². The average Bonchev–Trinajstić information content (AvgIpc) is 2.12. The number of aromatic nitrogens is 1. The van der Waals surface area contributed by atoms with Gasteiger partial charge in [-0.1, -0.05) is 40.9 Å². The lowest BCUT2D eigenvalue weighted by Crippen LogP contribution is -1.81. The summed E-state index contributed by atoms with van der Waals surface area (Å²) in [6, 6.07) is 7.16. The molecule has 4 heteroatoms. The number of halogens is 3. The predicted octanol–water partition coefficient (Wildman–Crippen LogP) is 4.20. The average molecular weight is 232 g/mol. The second-order valence-electron chi connectivity index (χ2n) is 2.57. The quantitative estimate of drug-likeness (QED) is 0.621. The van der Waals surface area contributed by atoms with Crippen LogP contribution in [0.2, 0.25) is 15.2 Å². The van der Waals surface area contributed by atoms with Crippen molar-refractivity contribution in [3.8, 4) is 0 Å². The molecule has 0 aliphatic heterocycles. The van der Waals surface area contributed by atoms with Gasteiger partial charge in [-0.25, -0.2) is 4.98 Å². The van der Waals surface area contributed by atoms with Crippen LogP contribution in [0.15, 0.2) is 24.3 Å². The van der Waals surface area contributed by atoms with E-state index >= 15 is 0 Å². The summed E-state index contributed by atoms with van der Waals surface area (Å²) in [6.45, 7) is 0. The fraction of sp³-hybridized carbons (Fsp3) is 0. The Labute approximate surface area is 90.2 Å². The Kier molecular flexibility index (Phi) is 2.33. The Balaban J connectivity index is 2.89. The third-order valence-electron chi connectivity index (χ3n) is 1.72. The van der Waals surface area contributed by atoms with Gasteiger partial charge in [0.1, 0.15) is 5.15 Å². The summed E-state index contributed by atoms with van der Waals surface area (Å²) in [5.41, 5.74) is 0.640. The zero-order chi connectivity index (χ0) is 9.42. The molecule has 0 atom stereocenters. The van der Waals surface area contributed by atoms with Crippen LogP contribution in [0, 0.1) is 0 Å². The van der Waals surface area contributed by atoms with Crippen LogP contribution in [0.25, 0.3) is 10.9 Å². The molecule has 1 aromatic heterocycles. The lowest BCUT2D eigenvalue weighted by Gasteiger charge is -2.01. The SMILES string of the molecule is Clc1ccc2ccc(Cl)c(Cl)c2n1. The van der Waals surface area contributed by atoms with Crippen molar-refractivity contribution in [2.45, 2.75) is 0 Å². The van der Waals surface area contributed by atoms with Crippen molar-refractivity contribution in [3.05, 3.63) is 39.5 Å². The summed E-state index contributed by atoms with van der Waals surface area (Å²) in [4.78, 5) is 4.09. The molecule has 0 saturated carbocycles. The third-order valence-corrected chi connectivity index (χ3v) is 2.72. The van der Waals surface area contributed by atoms with Crippen molar-refractivity contribution < 1.29 is 0 Å². The van der Waals surface area contributed by atoms with Crippen molar-refractivity contribution in [1.82, 2.24) is 4.98 Å². The summed E-state index contributed by atoms with van der Waals surface area (Å²) in [5, 5.41) is 2.28. The monoisotopic (exact) mass is 231 g/mol. The van der Waals surface area contributed by atoms with Gasteiger partial charge in [0.05, 0.1) is 15.6 Å². The van der Waals surface area contributed by atoms with Crippen LogP contribution < -0.4 is 0 Å². The molecule has 0 unspecified atom stereocenters. The van der Waals surface area contributed by atoms with E-state index in [9.17, 15) is 0 Å². The lowest BCUT2D eigenvalue weighted by atomic mass is 10.2. The minimum Gasteiger partial charge on any atom is -0.234 e. The maximum absolute atomic E-state index is 5.94. The van der Waals surface area contributed by atoms with Crippen molar-refractivity contribution in [2.24, 2.45) is 0 Å². The Morgan fingerprint density at radius 2 is 1.62 bits per heavy atom. The van der Waals surface area contributed by atoms with Crippen LogP contribution >= 0.6 is 34.8 Å². The minimum absolute atomic E-state index is 0.414. The molecular formula is C9H4Cl3N. The molecule has 0 saturated heterocycles. The number of hydrogen-bond donors (Lipinski definition) is 0. The van der Waals surface area contributed by atoms with E-state index in [2.05, 4.69) is 4.98 Å². The second-order valence-corrected chi connectivity index (χ2v) is 3.74. The van der Waals surface area contributed by atoms with E-state index in [1.54, 1.807) is 12.1 Å². The van der Waals surface area contributed by atoms with Gasteiger partial charge in [0.15, 0.2) is 0 Å². The molecule has 2 aromatic rings. The van der Waals surface area contributed by atoms with E-state index in [0.717, 1.165) is 5.39 Å². The molecule has 0 N–H and O–H groups in total.